The molecule has 1 amide bonds. The fourth-order valence-electron chi connectivity index (χ4n) is 1.88. The Morgan fingerprint density at radius 2 is 2.10 bits per heavy atom. The van der Waals surface area contributed by atoms with Gasteiger partial charge < -0.3 is 10.1 Å². The molecule has 1 aliphatic rings. The van der Waals surface area contributed by atoms with Crippen molar-refractivity contribution in [3.63, 3.8) is 0 Å². The summed E-state index contributed by atoms with van der Waals surface area (Å²) in [6, 6.07) is 9.27. The molecule has 0 radical (unpaired) electrons. The van der Waals surface area contributed by atoms with Crippen molar-refractivity contribution in [1.29, 1.82) is 0 Å². The van der Waals surface area contributed by atoms with Crippen LogP contribution in [0.4, 0.5) is 0 Å². The summed E-state index contributed by atoms with van der Waals surface area (Å²) in [4.78, 5) is 11.9. The fraction of sp³-hybridized carbons (Fsp3) is 0.333. The predicted octanol–water partition coefficient (Wildman–Crippen LogP) is 2.82. The minimum atomic E-state index is -0.121. The molecule has 5 nitrogen and oxygen atoms in total. The third-order valence-electron chi connectivity index (χ3n) is 3.30. The molecule has 0 saturated heterocycles. The van der Waals surface area contributed by atoms with Gasteiger partial charge in [0.05, 0.1) is 0 Å². The van der Waals surface area contributed by atoms with Crippen LogP contribution in [-0.2, 0) is 6.73 Å². The molecule has 6 heteroatoms. The SMILES string of the molecule is O=C(NCC1CC1)c1ccn(COc2ccc(Br)cc2)n1. The van der Waals surface area contributed by atoms with Crippen LogP contribution in [-0.4, -0.2) is 22.2 Å². The molecule has 1 aromatic heterocycles. The molecule has 110 valence electrons. The lowest BCUT2D eigenvalue weighted by atomic mass is 10.3. The van der Waals surface area contributed by atoms with Crippen molar-refractivity contribution in [2.45, 2.75) is 19.6 Å². The number of carbonyl (C=O) groups is 1. The molecular weight excluding hydrogens is 334 g/mol. The number of aromatic nitrogens is 2. The Hall–Kier alpha value is -1.82. The van der Waals surface area contributed by atoms with Crippen LogP contribution in [0, 0.1) is 5.92 Å². The first-order valence-corrected chi connectivity index (χ1v) is 7.70. The number of ether oxygens (including phenoxy) is 1. The second kappa shape index (κ2) is 6.30. The molecule has 21 heavy (non-hydrogen) atoms. The van der Waals surface area contributed by atoms with Crippen LogP contribution in [0.25, 0.3) is 0 Å². The van der Waals surface area contributed by atoms with Crippen LogP contribution in [0.1, 0.15) is 23.3 Å². The van der Waals surface area contributed by atoms with Crippen molar-refractivity contribution in [3.8, 4) is 5.75 Å². The minimum Gasteiger partial charge on any atom is -0.471 e. The number of rotatable bonds is 6. The molecule has 1 saturated carbocycles. The molecule has 1 aromatic carbocycles. The topological polar surface area (TPSA) is 56.2 Å². The zero-order valence-electron chi connectivity index (χ0n) is 11.5. The predicted molar refractivity (Wildman–Crippen MR) is 82.1 cm³/mol. The first-order valence-electron chi connectivity index (χ1n) is 6.91. The average molecular weight is 350 g/mol. The zero-order chi connectivity index (χ0) is 14.7. The largest absolute Gasteiger partial charge is 0.471 e. The van der Waals surface area contributed by atoms with Crippen molar-refractivity contribution in [1.82, 2.24) is 15.1 Å². The van der Waals surface area contributed by atoms with Crippen molar-refractivity contribution < 1.29 is 9.53 Å². The number of hydrogen-bond donors (Lipinski definition) is 1. The molecule has 0 bridgehead atoms. The van der Waals surface area contributed by atoms with E-state index in [1.807, 2.05) is 24.3 Å². The molecule has 0 unspecified atom stereocenters. The third kappa shape index (κ3) is 4.07. The molecule has 1 aliphatic carbocycles. The van der Waals surface area contributed by atoms with E-state index in [2.05, 4.69) is 26.3 Å². The van der Waals surface area contributed by atoms with E-state index in [0.717, 1.165) is 16.8 Å². The molecule has 1 N–H and O–H groups in total. The Balaban J connectivity index is 1.51. The van der Waals surface area contributed by atoms with Crippen LogP contribution >= 0.6 is 15.9 Å². The summed E-state index contributed by atoms with van der Waals surface area (Å²) in [7, 11) is 0. The van der Waals surface area contributed by atoms with E-state index >= 15 is 0 Å². The first kappa shape index (κ1) is 14.1. The number of amides is 1. The Kier molecular flexibility index (Phi) is 4.24. The van der Waals surface area contributed by atoms with E-state index in [1.165, 1.54) is 12.8 Å². The molecule has 1 fully saturated rings. The molecule has 2 aromatic rings. The van der Waals surface area contributed by atoms with Crippen LogP contribution in [0.15, 0.2) is 41.0 Å². The van der Waals surface area contributed by atoms with E-state index < -0.39 is 0 Å². The van der Waals surface area contributed by atoms with Gasteiger partial charge in [0.2, 0.25) is 0 Å². The summed E-state index contributed by atoms with van der Waals surface area (Å²) in [6.07, 6.45) is 4.18. The first-order chi connectivity index (χ1) is 10.2. The standard InChI is InChI=1S/C15H16BrN3O2/c16-12-3-5-13(6-4-12)21-10-19-8-7-14(18-19)15(20)17-9-11-1-2-11/h3-8,11H,1-2,9-10H2,(H,17,20). The quantitative estimate of drug-likeness (QED) is 0.872. The molecule has 0 aliphatic heterocycles. The number of nitrogens with one attached hydrogen (secondary N) is 1. The smallest absolute Gasteiger partial charge is 0.271 e. The minimum absolute atomic E-state index is 0.121. The number of halogens is 1. The van der Waals surface area contributed by atoms with E-state index in [1.54, 1.807) is 16.9 Å². The summed E-state index contributed by atoms with van der Waals surface area (Å²) in [5.74, 6) is 1.30. The Labute approximate surface area is 131 Å². The summed E-state index contributed by atoms with van der Waals surface area (Å²) in [5, 5.41) is 7.10. The Bertz CT molecular complexity index is 620. The van der Waals surface area contributed by atoms with E-state index in [9.17, 15) is 4.79 Å². The second-order valence-electron chi connectivity index (χ2n) is 5.12. The van der Waals surface area contributed by atoms with E-state index in [4.69, 9.17) is 4.74 Å². The van der Waals surface area contributed by atoms with Gasteiger partial charge in [0.25, 0.3) is 5.91 Å². The van der Waals surface area contributed by atoms with Crippen LogP contribution in [0.2, 0.25) is 0 Å². The summed E-state index contributed by atoms with van der Waals surface area (Å²) >= 11 is 3.37. The number of hydrogen-bond acceptors (Lipinski definition) is 3. The maximum atomic E-state index is 11.9. The van der Waals surface area contributed by atoms with Crippen molar-refractivity contribution in [2.24, 2.45) is 5.92 Å². The fourth-order valence-corrected chi connectivity index (χ4v) is 2.14. The highest BCUT2D eigenvalue weighted by Crippen LogP contribution is 2.27. The van der Waals surface area contributed by atoms with Crippen LogP contribution in [0.3, 0.4) is 0 Å². The normalized spacial score (nSPS) is 14.0. The highest BCUT2D eigenvalue weighted by atomic mass is 79.9. The highest BCUT2D eigenvalue weighted by molar-refractivity contribution is 9.10. The van der Waals surface area contributed by atoms with Gasteiger partial charge in [-0.3, -0.25) is 4.79 Å². The number of benzene rings is 1. The lowest BCUT2D eigenvalue weighted by molar-refractivity contribution is 0.0944. The Morgan fingerprint density at radius 1 is 1.33 bits per heavy atom. The lowest BCUT2D eigenvalue weighted by Gasteiger charge is -2.06. The van der Waals surface area contributed by atoms with Gasteiger partial charge in [-0.1, -0.05) is 15.9 Å². The maximum Gasteiger partial charge on any atom is 0.271 e. The van der Waals surface area contributed by atoms with Crippen LogP contribution in [0.5, 0.6) is 5.75 Å². The van der Waals surface area contributed by atoms with Gasteiger partial charge in [-0.25, -0.2) is 4.68 Å². The number of nitrogens with zero attached hydrogens (tertiary/aromatic N) is 2. The Morgan fingerprint density at radius 3 is 2.81 bits per heavy atom. The van der Waals surface area contributed by atoms with Gasteiger partial charge in [-0.2, -0.15) is 5.10 Å². The molecule has 1 heterocycles. The van der Waals surface area contributed by atoms with Gasteiger partial charge in [0.1, 0.15) is 11.4 Å². The number of carbonyl (C=O) groups excluding carboxylic acids is 1. The highest BCUT2D eigenvalue weighted by Gasteiger charge is 2.22. The van der Waals surface area contributed by atoms with E-state index in [0.29, 0.717) is 11.6 Å². The van der Waals surface area contributed by atoms with Gasteiger partial charge >= 0.3 is 0 Å². The molecule has 0 atom stereocenters. The monoisotopic (exact) mass is 349 g/mol. The van der Waals surface area contributed by atoms with Gasteiger partial charge in [-0.15, -0.1) is 0 Å². The van der Waals surface area contributed by atoms with Gasteiger partial charge in [-0.05, 0) is 49.1 Å². The van der Waals surface area contributed by atoms with Crippen LogP contribution < -0.4 is 10.1 Å². The molecule has 0 spiro atoms. The average Bonchev–Trinajstić information content (AvgIpc) is 3.20. The van der Waals surface area contributed by atoms with Crippen molar-refractivity contribution >= 4 is 21.8 Å². The second-order valence-corrected chi connectivity index (χ2v) is 6.04. The molecular formula is C15H16BrN3O2. The summed E-state index contributed by atoms with van der Waals surface area (Å²) in [5.41, 5.74) is 0.426. The zero-order valence-corrected chi connectivity index (χ0v) is 13.0. The molecule has 3 rings (SSSR count). The lowest BCUT2D eigenvalue weighted by Crippen LogP contribution is -2.26. The summed E-state index contributed by atoms with van der Waals surface area (Å²) in [6.45, 7) is 1.03. The van der Waals surface area contributed by atoms with E-state index in [-0.39, 0.29) is 12.6 Å². The van der Waals surface area contributed by atoms with Crippen molar-refractivity contribution in [3.05, 3.63) is 46.7 Å². The summed E-state index contributed by atoms with van der Waals surface area (Å²) < 4.78 is 8.20. The third-order valence-corrected chi connectivity index (χ3v) is 3.83. The van der Waals surface area contributed by atoms with Crippen molar-refractivity contribution in [2.75, 3.05) is 6.54 Å². The van der Waals surface area contributed by atoms with Gasteiger partial charge in [0, 0.05) is 17.2 Å². The van der Waals surface area contributed by atoms with Gasteiger partial charge in [0.15, 0.2) is 6.73 Å². The maximum absolute atomic E-state index is 11.9.